The van der Waals surface area contributed by atoms with Crippen LogP contribution in [-0.2, 0) is 5.41 Å². The first-order valence-electron chi connectivity index (χ1n) is 19.2. The highest BCUT2D eigenvalue weighted by molar-refractivity contribution is 6.09. The summed E-state index contributed by atoms with van der Waals surface area (Å²) < 4.78 is 2.43. The summed E-state index contributed by atoms with van der Waals surface area (Å²) in [5.41, 5.74) is 9.73. The van der Waals surface area contributed by atoms with Crippen LogP contribution in [0, 0.1) is 23.7 Å². The van der Waals surface area contributed by atoms with Crippen LogP contribution in [0.4, 0.5) is 0 Å². The van der Waals surface area contributed by atoms with Crippen molar-refractivity contribution >= 4 is 54.6 Å². The minimum Gasteiger partial charge on any atom is -0.309 e. The third-order valence-corrected chi connectivity index (χ3v) is 13.4. The Morgan fingerprint density at radius 2 is 1.08 bits per heavy atom. The van der Waals surface area contributed by atoms with Crippen molar-refractivity contribution in [1.29, 1.82) is 0 Å². The van der Waals surface area contributed by atoms with Crippen LogP contribution in [0.5, 0.6) is 0 Å². The molecule has 0 amide bonds. The number of hydrogen-bond donors (Lipinski definition) is 0. The Labute approximate surface area is 307 Å². The van der Waals surface area contributed by atoms with Crippen molar-refractivity contribution in [3.05, 3.63) is 151 Å². The summed E-state index contributed by atoms with van der Waals surface area (Å²) >= 11 is 0. The van der Waals surface area contributed by atoms with Gasteiger partial charge in [-0.1, -0.05) is 91.0 Å². The molecule has 5 heteroatoms. The molecule has 9 aromatic rings. The summed E-state index contributed by atoms with van der Waals surface area (Å²) in [5, 5.41) is 7.72. The maximum absolute atomic E-state index is 4.78. The Morgan fingerprint density at radius 3 is 1.75 bits per heavy atom. The Hall–Kier alpha value is -5.94. The molecule has 4 aliphatic rings. The largest absolute Gasteiger partial charge is 0.309 e. The third kappa shape index (κ3) is 4.31. The van der Waals surface area contributed by atoms with E-state index in [2.05, 4.69) is 141 Å². The molecule has 254 valence electrons. The van der Waals surface area contributed by atoms with Gasteiger partial charge in [-0.05, 0) is 119 Å². The van der Waals surface area contributed by atoms with Crippen LogP contribution in [0.2, 0.25) is 0 Å². The minimum atomic E-state index is 0.0163. The molecule has 4 bridgehead atoms. The fourth-order valence-electron chi connectivity index (χ4n) is 11.4. The molecule has 3 aromatic heterocycles. The molecule has 3 heterocycles. The first kappa shape index (κ1) is 29.6. The van der Waals surface area contributed by atoms with Gasteiger partial charge in [0.05, 0.1) is 22.9 Å². The van der Waals surface area contributed by atoms with E-state index in [1.54, 1.807) is 12.4 Å². The van der Waals surface area contributed by atoms with Crippen LogP contribution in [0.1, 0.15) is 43.2 Å². The first-order chi connectivity index (χ1) is 26.2. The topological polar surface area (TPSA) is 56.5 Å². The predicted molar refractivity (Wildman–Crippen MR) is 214 cm³/mol. The Balaban J connectivity index is 0.982. The third-order valence-electron chi connectivity index (χ3n) is 13.4. The zero-order valence-electron chi connectivity index (χ0n) is 29.4. The van der Waals surface area contributed by atoms with Crippen molar-refractivity contribution in [1.82, 2.24) is 24.5 Å². The number of hydrogen-bond acceptors (Lipinski definition) is 4. The summed E-state index contributed by atoms with van der Waals surface area (Å²) in [6.45, 7) is 0. The molecule has 4 fully saturated rings. The molecule has 0 radical (unpaired) electrons. The monoisotopic (exact) mass is 683 g/mol. The van der Waals surface area contributed by atoms with E-state index in [1.807, 2.05) is 6.20 Å². The number of rotatable bonds is 4. The van der Waals surface area contributed by atoms with Crippen LogP contribution in [0.15, 0.2) is 140 Å². The van der Waals surface area contributed by atoms with Crippen molar-refractivity contribution in [3.63, 3.8) is 0 Å². The van der Waals surface area contributed by atoms with Gasteiger partial charge < -0.3 is 4.57 Å². The molecule has 0 aliphatic heterocycles. The Kier molecular flexibility index (Phi) is 6.17. The molecule has 0 atom stereocenters. The highest BCUT2D eigenvalue weighted by Crippen LogP contribution is 2.65. The molecule has 0 spiro atoms. The van der Waals surface area contributed by atoms with Crippen LogP contribution < -0.4 is 0 Å². The second kappa shape index (κ2) is 11.0. The lowest BCUT2D eigenvalue weighted by molar-refractivity contribution is -0.0417. The van der Waals surface area contributed by atoms with Gasteiger partial charge in [0.25, 0.3) is 0 Å². The summed E-state index contributed by atoms with van der Waals surface area (Å²) in [6.07, 6.45) is 12.0. The zero-order chi connectivity index (χ0) is 34.7. The maximum Gasteiger partial charge on any atom is 0.198 e. The smallest absolute Gasteiger partial charge is 0.198 e. The van der Waals surface area contributed by atoms with Gasteiger partial charge in [-0.3, -0.25) is 0 Å². The normalized spacial score (nSPS) is 23.5. The summed E-state index contributed by atoms with van der Waals surface area (Å²) in [7, 11) is 0. The van der Waals surface area contributed by atoms with Gasteiger partial charge in [0.1, 0.15) is 0 Å². The second-order valence-electron chi connectivity index (χ2n) is 16.0. The molecule has 0 unspecified atom stereocenters. The van der Waals surface area contributed by atoms with Crippen molar-refractivity contribution in [2.24, 2.45) is 23.7 Å². The lowest BCUT2D eigenvalue weighted by atomic mass is 9.42. The number of fused-ring (bicyclic) bond motifs is 6. The summed E-state index contributed by atoms with van der Waals surface area (Å²) in [5.74, 6) is 3.10. The van der Waals surface area contributed by atoms with E-state index in [-0.39, 0.29) is 5.41 Å². The van der Waals surface area contributed by atoms with E-state index >= 15 is 0 Å². The van der Waals surface area contributed by atoms with Crippen LogP contribution >= 0.6 is 0 Å². The van der Waals surface area contributed by atoms with E-state index < -0.39 is 0 Å². The molecule has 0 N–H and O–H groups in total. The molecule has 4 aliphatic carbocycles. The number of para-hydroxylation sites is 2. The molecule has 53 heavy (non-hydrogen) atoms. The molecule has 0 saturated heterocycles. The van der Waals surface area contributed by atoms with E-state index in [0.717, 1.165) is 23.1 Å². The van der Waals surface area contributed by atoms with Crippen LogP contribution in [-0.4, -0.2) is 24.5 Å². The van der Waals surface area contributed by atoms with Crippen molar-refractivity contribution in [2.75, 3.05) is 0 Å². The SMILES string of the molecule is c1ccc2c(c1)c1ccccc1n2-c1ccc2cc(C3(c4ccc5cc(-c6cnc7nccnc7n6)ccc5c4)C4CC5CC(C4)CC3C5)ccc2c1. The van der Waals surface area contributed by atoms with Gasteiger partial charge in [0.15, 0.2) is 11.3 Å². The predicted octanol–water partition coefficient (Wildman–Crippen LogP) is 11.2. The van der Waals surface area contributed by atoms with E-state index in [1.165, 1.54) is 92.3 Å². The average molecular weight is 684 g/mol. The fourth-order valence-corrected chi connectivity index (χ4v) is 11.4. The standard InChI is InChI=1S/C48H37N5/c1-3-7-44-41(5-1)42-6-2-4-8-45(42)53(44)40-16-13-33-26-37(15-12-34(33)27-40)48(38-20-29-19-30(22-38)23-39(48)21-29)36-14-11-31-24-35(10-9-32(31)25-36)43-28-51-46-47(52-43)50-18-17-49-46/h1-18,24-30,38-39H,19-23H2. The van der Waals surface area contributed by atoms with Gasteiger partial charge in [-0.2, -0.15) is 0 Å². The van der Waals surface area contributed by atoms with Crippen molar-refractivity contribution < 1.29 is 0 Å². The number of aromatic nitrogens is 5. The van der Waals surface area contributed by atoms with Crippen LogP contribution in [0.3, 0.4) is 0 Å². The number of nitrogens with zero attached hydrogens (tertiary/aromatic N) is 5. The van der Waals surface area contributed by atoms with Gasteiger partial charge in [-0.15, -0.1) is 0 Å². The molecule has 5 nitrogen and oxygen atoms in total. The molecular weight excluding hydrogens is 647 g/mol. The van der Waals surface area contributed by atoms with E-state index in [4.69, 9.17) is 4.98 Å². The Morgan fingerprint density at radius 1 is 0.509 bits per heavy atom. The summed E-state index contributed by atoms with van der Waals surface area (Å²) in [4.78, 5) is 18.0. The van der Waals surface area contributed by atoms with Crippen LogP contribution in [0.25, 0.3) is 71.6 Å². The molecule has 6 aromatic carbocycles. The second-order valence-corrected chi connectivity index (χ2v) is 16.0. The molecular formula is C48H37N5. The lowest BCUT2D eigenvalue weighted by Crippen LogP contribution is -2.56. The van der Waals surface area contributed by atoms with Gasteiger partial charge in [-0.25, -0.2) is 19.9 Å². The average Bonchev–Trinajstić information content (AvgIpc) is 3.54. The van der Waals surface area contributed by atoms with Gasteiger partial charge in [0.2, 0.25) is 0 Å². The highest BCUT2D eigenvalue weighted by Gasteiger charge is 2.58. The highest BCUT2D eigenvalue weighted by atomic mass is 15.0. The quantitative estimate of drug-likeness (QED) is 0.185. The van der Waals surface area contributed by atoms with Crippen molar-refractivity contribution in [2.45, 2.75) is 37.5 Å². The van der Waals surface area contributed by atoms with Gasteiger partial charge in [0, 0.05) is 39.8 Å². The van der Waals surface area contributed by atoms with Gasteiger partial charge >= 0.3 is 0 Å². The van der Waals surface area contributed by atoms with E-state index in [9.17, 15) is 0 Å². The first-order valence-corrected chi connectivity index (χ1v) is 19.2. The van der Waals surface area contributed by atoms with Crippen molar-refractivity contribution in [3.8, 4) is 16.9 Å². The van der Waals surface area contributed by atoms with E-state index in [0.29, 0.717) is 23.1 Å². The summed E-state index contributed by atoms with van der Waals surface area (Å²) in [6, 6.07) is 46.2. The molecule has 4 saturated carbocycles. The Bertz CT molecular complexity index is 2860. The number of benzene rings is 6. The zero-order valence-corrected chi connectivity index (χ0v) is 29.4. The fraction of sp³-hybridized carbons (Fsp3) is 0.208. The lowest BCUT2D eigenvalue weighted by Gasteiger charge is -2.62. The molecule has 13 rings (SSSR count). The minimum absolute atomic E-state index is 0.0163. The maximum atomic E-state index is 4.78.